The predicted molar refractivity (Wildman–Crippen MR) is 59.6 cm³/mol. The molecule has 15 heavy (non-hydrogen) atoms. The van der Waals surface area contributed by atoms with Crippen molar-refractivity contribution in [1.29, 1.82) is 0 Å². The van der Waals surface area contributed by atoms with Gasteiger partial charge in [-0.3, -0.25) is 0 Å². The zero-order valence-corrected chi connectivity index (χ0v) is 9.74. The lowest BCUT2D eigenvalue weighted by atomic mass is 9.83. The highest BCUT2D eigenvalue weighted by atomic mass is 16.5. The average Bonchev–Trinajstić information content (AvgIpc) is 2.30. The molecule has 0 heterocycles. The van der Waals surface area contributed by atoms with Crippen molar-refractivity contribution < 1.29 is 9.53 Å². The van der Waals surface area contributed by atoms with Gasteiger partial charge in [-0.05, 0) is 32.2 Å². The lowest BCUT2D eigenvalue weighted by Gasteiger charge is -2.38. The van der Waals surface area contributed by atoms with E-state index in [-0.39, 0.29) is 12.1 Å². The van der Waals surface area contributed by atoms with Gasteiger partial charge in [0.15, 0.2) is 0 Å². The van der Waals surface area contributed by atoms with E-state index < -0.39 is 0 Å². The maximum Gasteiger partial charge on any atom is 0.409 e. The number of amides is 1. The summed E-state index contributed by atoms with van der Waals surface area (Å²) in [6, 6.07) is 0.279. The Labute approximate surface area is 91.8 Å². The molecule has 1 fully saturated rings. The fourth-order valence-corrected chi connectivity index (χ4v) is 2.49. The van der Waals surface area contributed by atoms with E-state index in [9.17, 15) is 4.79 Å². The van der Waals surface area contributed by atoms with Crippen molar-refractivity contribution in [2.75, 3.05) is 20.2 Å². The second-order valence-corrected chi connectivity index (χ2v) is 4.10. The standard InChI is InChI=1S/C11H22N2O2/c1-3-13(11(14)15-2)10-7-5-4-6-9(10)8-12/h9-10H,3-8,12H2,1-2H3. The Bertz CT molecular complexity index is 209. The first kappa shape index (κ1) is 12.3. The highest BCUT2D eigenvalue weighted by molar-refractivity contribution is 5.67. The van der Waals surface area contributed by atoms with E-state index in [2.05, 4.69) is 0 Å². The Morgan fingerprint density at radius 3 is 2.67 bits per heavy atom. The maximum absolute atomic E-state index is 11.6. The van der Waals surface area contributed by atoms with Crippen LogP contribution in [0.5, 0.6) is 0 Å². The first-order valence-corrected chi connectivity index (χ1v) is 5.79. The number of rotatable bonds is 3. The number of ether oxygens (including phenoxy) is 1. The quantitative estimate of drug-likeness (QED) is 0.776. The normalized spacial score (nSPS) is 26.1. The van der Waals surface area contributed by atoms with Gasteiger partial charge in [0.05, 0.1) is 7.11 Å². The van der Waals surface area contributed by atoms with E-state index in [1.165, 1.54) is 20.0 Å². The first-order valence-electron chi connectivity index (χ1n) is 5.79. The number of methoxy groups -OCH3 is 1. The number of hydrogen-bond donors (Lipinski definition) is 1. The second-order valence-electron chi connectivity index (χ2n) is 4.10. The number of hydrogen-bond acceptors (Lipinski definition) is 3. The fraction of sp³-hybridized carbons (Fsp3) is 0.909. The van der Waals surface area contributed by atoms with Gasteiger partial charge in [0.1, 0.15) is 0 Å². The molecule has 2 N–H and O–H groups in total. The van der Waals surface area contributed by atoms with Crippen LogP contribution >= 0.6 is 0 Å². The number of nitrogens with two attached hydrogens (primary N) is 1. The van der Waals surface area contributed by atoms with Crippen LogP contribution in [0, 0.1) is 5.92 Å². The van der Waals surface area contributed by atoms with Gasteiger partial charge < -0.3 is 15.4 Å². The molecule has 1 rings (SSSR count). The van der Waals surface area contributed by atoms with Gasteiger partial charge in [0.2, 0.25) is 0 Å². The summed E-state index contributed by atoms with van der Waals surface area (Å²) in [4.78, 5) is 13.4. The van der Waals surface area contributed by atoms with E-state index in [1.54, 1.807) is 0 Å². The third-order valence-electron chi connectivity index (χ3n) is 3.32. The third-order valence-corrected chi connectivity index (χ3v) is 3.32. The van der Waals surface area contributed by atoms with Gasteiger partial charge in [-0.25, -0.2) is 4.79 Å². The SMILES string of the molecule is CCN(C(=O)OC)C1CCCCC1CN. The Balaban J connectivity index is 2.67. The summed E-state index contributed by atoms with van der Waals surface area (Å²) in [5.41, 5.74) is 5.75. The van der Waals surface area contributed by atoms with Crippen LogP contribution in [0.15, 0.2) is 0 Å². The Morgan fingerprint density at radius 2 is 2.13 bits per heavy atom. The molecule has 0 saturated heterocycles. The minimum Gasteiger partial charge on any atom is -0.453 e. The van der Waals surface area contributed by atoms with Gasteiger partial charge in [0.25, 0.3) is 0 Å². The second kappa shape index (κ2) is 5.95. The van der Waals surface area contributed by atoms with Gasteiger partial charge in [0, 0.05) is 12.6 Å². The molecule has 0 aliphatic heterocycles. The van der Waals surface area contributed by atoms with Crippen molar-refractivity contribution in [3.05, 3.63) is 0 Å². The van der Waals surface area contributed by atoms with Gasteiger partial charge in [-0.2, -0.15) is 0 Å². The summed E-state index contributed by atoms with van der Waals surface area (Å²) in [6.45, 7) is 3.35. The minimum atomic E-state index is -0.220. The van der Waals surface area contributed by atoms with E-state index in [4.69, 9.17) is 10.5 Å². The molecule has 2 atom stereocenters. The zero-order chi connectivity index (χ0) is 11.3. The fourth-order valence-electron chi connectivity index (χ4n) is 2.49. The molecule has 4 nitrogen and oxygen atoms in total. The molecule has 0 bridgehead atoms. The van der Waals surface area contributed by atoms with Crippen LogP contribution in [0.2, 0.25) is 0 Å². The van der Waals surface area contributed by atoms with Crippen LogP contribution < -0.4 is 5.73 Å². The van der Waals surface area contributed by atoms with Crippen molar-refractivity contribution in [2.45, 2.75) is 38.6 Å². The van der Waals surface area contributed by atoms with Crippen LogP contribution in [-0.4, -0.2) is 37.2 Å². The highest BCUT2D eigenvalue weighted by Crippen LogP contribution is 2.28. The summed E-state index contributed by atoms with van der Waals surface area (Å²) < 4.78 is 4.80. The summed E-state index contributed by atoms with van der Waals surface area (Å²) in [6.07, 6.45) is 4.40. The van der Waals surface area contributed by atoms with E-state index in [0.717, 1.165) is 12.8 Å². The summed E-state index contributed by atoms with van der Waals surface area (Å²) >= 11 is 0. The molecule has 1 saturated carbocycles. The molecule has 1 aliphatic carbocycles. The summed E-state index contributed by atoms with van der Waals surface area (Å²) in [5, 5.41) is 0. The molecule has 2 unspecified atom stereocenters. The van der Waals surface area contributed by atoms with Crippen molar-refractivity contribution in [2.24, 2.45) is 11.7 Å². The van der Waals surface area contributed by atoms with Gasteiger partial charge in [-0.15, -0.1) is 0 Å². The Kier molecular flexibility index (Phi) is 4.88. The highest BCUT2D eigenvalue weighted by Gasteiger charge is 2.31. The maximum atomic E-state index is 11.6. The summed E-state index contributed by atoms with van der Waals surface area (Å²) in [7, 11) is 1.44. The molecule has 1 aliphatic rings. The molecule has 0 spiro atoms. The molecule has 0 aromatic carbocycles. The van der Waals surface area contributed by atoms with Crippen LogP contribution in [0.1, 0.15) is 32.6 Å². The van der Waals surface area contributed by atoms with Crippen LogP contribution in [-0.2, 0) is 4.74 Å². The largest absolute Gasteiger partial charge is 0.453 e. The van der Waals surface area contributed by atoms with E-state index >= 15 is 0 Å². The third kappa shape index (κ3) is 2.84. The zero-order valence-electron chi connectivity index (χ0n) is 9.74. The number of nitrogens with zero attached hydrogens (tertiary/aromatic N) is 1. The van der Waals surface area contributed by atoms with Crippen molar-refractivity contribution >= 4 is 6.09 Å². The molecular formula is C11H22N2O2. The van der Waals surface area contributed by atoms with Crippen molar-refractivity contribution in [3.63, 3.8) is 0 Å². The molecule has 0 aromatic heterocycles. The van der Waals surface area contributed by atoms with Crippen LogP contribution in [0.4, 0.5) is 4.79 Å². The lowest BCUT2D eigenvalue weighted by molar-refractivity contribution is 0.0771. The molecule has 88 valence electrons. The molecule has 1 amide bonds. The molecule has 0 radical (unpaired) electrons. The number of carbonyl (C=O) groups excluding carboxylic acids is 1. The minimum absolute atomic E-state index is 0.220. The van der Waals surface area contributed by atoms with E-state index in [0.29, 0.717) is 19.0 Å². The molecule has 0 aromatic rings. The van der Waals surface area contributed by atoms with Crippen molar-refractivity contribution in [1.82, 2.24) is 4.90 Å². The molecule has 4 heteroatoms. The molecular weight excluding hydrogens is 192 g/mol. The van der Waals surface area contributed by atoms with Gasteiger partial charge in [-0.1, -0.05) is 12.8 Å². The first-order chi connectivity index (χ1) is 7.24. The lowest BCUT2D eigenvalue weighted by Crippen LogP contribution is -2.47. The monoisotopic (exact) mass is 214 g/mol. The average molecular weight is 214 g/mol. The number of carbonyl (C=O) groups is 1. The van der Waals surface area contributed by atoms with Gasteiger partial charge >= 0.3 is 6.09 Å². The Hall–Kier alpha value is -0.770. The summed E-state index contributed by atoms with van der Waals surface area (Å²) in [5.74, 6) is 0.442. The predicted octanol–water partition coefficient (Wildman–Crippen LogP) is 1.59. The van der Waals surface area contributed by atoms with Crippen LogP contribution in [0.25, 0.3) is 0 Å². The van der Waals surface area contributed by atoms with Crippen molar-refractivity contribution in [3.8, 4) is 0 Å². The smallest absolute Gasteiger partial charge is 0.409 e. The van der Waals surface area contributed by atoms with Crippen LogP contribution in [0.3, 0.4) is 0 Å². The topological polar surface area (TPSA) is 55.6 Å². The van der Waals surface area contributed by atoms with E-state index in [1.807, 2.05) is 11.8 Å². The Morgan fingerprint density at radius 1 is 1.47 bits per heavy atom.